The van der Waals surface area contributed by atoms with Crippen LogP contribution in [0, 0.1) is 0 Å². The van der Waals surface area contributed by atoms with Crippen molar-refractivity contribution in [2.45, 2.75) is 4.33 Å². The van der Waals surface area contributed by atoms with E-state index in [1.807, 2.05) is 125 Å². The molecular weight excluding hydrogens is 470 g/mol. The van der Waals surface area contributed by atoms with E-state index in [1.165, 1.54) is 11.8 Å². The molecule has 0 aliphatic carbocycles. The average Bonchev–Trinajstić information content (AvgIpc) is 3.43. The van der Waals surface area contributed by atoms with Gasteiger partial charge in [0.1, 0.15) is 5.04 Å². The number of thioether (sulfide) groups is 2. The highest BCUT2D eigenvalue weighted by Crippen LogP contribution is 2.59. The van der Waals surface area contributed by atoms with Crippen molar-refractivity contribution in [3.8, 4) is 0 Å². The third-order valence-electron chi connectivity index (χ3n) is 5.76. The molecule has 2 heterocycles. The molecule has 1 fully saturated rings. The number of nitrogens with zero attached hydrogens (tertiary/aromatic N) is 3. The van der Waals surface area contributed by atoms with E-state index in [1.54, 1.807) is 11.8 Å². The van der Waals surface area contributed by atoms with E-state index < -0.39 is 4.33 Å². The molecule has 4 aromatic carbocycles. The van der Waals surface area contributed by atoms with Gasteiger partial charge in [-0.1, -0.05) is 109 Å². The summed E-state index contributed by atoms with van der Waals surface area (Å²) in [5.74, 6) is -0.0389. The molecule has 1 spiro atoms. The number of rotatable bonds is 4. The van der Waals surface area contributed by atoms with Crippen molar-refractivity contribution >= 4 is 51.9 Å². The highest BCUT2D eigenvalue weighted by atomic mass is 32.2. The lowest BCUT2D eigenvalue weighted by molar-refractivity contribution is -0.114. The summed E-state index contributed by atoms with van der Waals surface area (Å²) in [6.45, 7) is 0. The number of amides is 1. The van der Waals surface area contributed by atoms with Crippen LogP contribution in [-0.2, 0) is 4.79 Å². The van der Waals surface area contributed by atoms with Gasteiger partial charge in [0.2, 0.25) is 4.33 Å². The van der Waals surface area contributed by atoms with Gasteiger partial charge in [0.25, 0.3) is 5.91 Å². The van der Waals surface area contributed by atoms with Crippen LogP contribution in [0.15, 0.2) is 131 Å². The number of para-hydroxylation sites is 2. The SMILES string of the molecule is O=C1/C(=C/c2ccccc2)SC2(SC(c3ccccc3)=NN2c2ccccc2)N1c1ccccc1. The van der Waals surface area contributed by atoms with Crippen molar-refractivity contribution in [1.29, 1.82) is 0 Å². The maximum absolute atomic E-state index is 14.0. The summed E-state index contributed by atoms with van der Waals surface area (Å²) < 4.78 is -0.842. The number of anilines is 2. The zero-order valence-electron chi connectivity index (χ0n) is 18.7. The second-order valence-corrected chi connectivity index (χ2v) is 10.7. The van der Waals surface area contributed by atoms with Gasteiger partial charge in [0, 0.05) is 11.3 Å². The van der Waals surface area contributed by atoms with Crippen molar-refractivity contribution in [2.24, 2.45) is 5.10 Å². The summed E-state index contributed by atoms with van der Waals surface area (Å²) in [6, 6.07) is 40.0. The van der Waals surface area contributed by atoms with E-state index >= 15 is 0 Å². The monoisotopic (exact) mass is 491 g/mol. The molecule has 35 heavy (non-hydrogen) atoms. The summed E-state index contributed by atoms with van der Waals surface area (Å²) in [5, 5.41) is 7.95. The Bertz CT molecular complexity index is 1410. The fraction of sp³-hybridized carbons (Fsp3) is 0.0345. The van der Waals surface area contributed by atoms with E-state index in [-0.39, 0.29) is 5.91 Å². The molecule has 6 rings (SSSR count). The van der Waals surface area contributed by atoms with Crippen LogP contribution in [-0.4, -0.2) is 15.3 Å². The second-order valence-electron chi connectivity index (χ2n) is 8.07. The first-order chi connectivity index (χ1) is 17.2. The van der Waals surface area contributed by atoms with E-state index in [9.17, 15) is 4.79 Å². The van der Waals surface area contributed by atoms with Crippen molar-refractivity contribution in [3.63, 3.8) is 0 Å². The molecule has 1 atom stereocenters. The molecular formula is C29H21N3OS2. The molecule has 0 radical (unpaired) electrons. The molecule has 6 heteroatoms. The van der Waals surface area contributed by atoms with Crippen LogP contribution < -0.4 is 9.91 Å². The minimum atomic E-state index is -0.842. The zero-order chi connectivity index (χ0) is 23.7. The molecule has 0 bridgehead atoms. The van der Waals surface area contributed by atoms with Crippen molar-refractivity contribution in [1.82, 2.24) is 0 Å². The molecule has 170 valence electrons. The topological polar surface area (TPSA) is 35.9 Å². The molecule has 0 saturated carbocycles. The zero-order valence-corrected chi connectivity index (χ0v) is 20.3. The first-order valence-electron chi connectivity index (χ1n) is 11.3. The number of hydrogen-bond donors (Lipinski definition) is 0. The van der Waals surface area contributed by atoms with Gasteiger partial charge in [0.15, 0.2) is 0 Å². The molecule has 4 aromatic rings. The number of carbonyl (C=O) groups excluding carboxylic acids is 1. The van der Waals surface area contributed by atoms with Crippen molar-refractivity contribution < 1.29 is 4.79 Å². The Balaban J connectivity index is 1.53. The fourth-order valence-corrected chi connectivity index (χ4v) is 7.14. The Kier molecular flexibility index (Phi) is 5.68. The van der Waals surface area contributed by atoms with E-state index in [4.69, 9.17) is 5.10 Å². The first kappa shape index (κ1) is 21.8. The second kappa shape index (κ2) is 9.13. The Morgan fingerprint density at radius 1 is 0.657 bits per heavy atom. The summed E-state index contributed by atoms with van der Waals surface area (Å²) in [6.07, 6.45) is 1.97. The van der Waals surface area contributed by atoms with Gasteiger partial charge in [-0.05, 0) is 47.7 Å². The number of hydrogen-bond acceptors (Lipinski definition) is 5. The van der Waals surface area contributed by atoms with Crippen LogP contribution in [0.3, 0.4) is 0 Å². The van der Waals surface area contributed by atoms with Gasteiger partial charge in [-0.15, -0.1) is 0 Å². The molecule has 1 unspecified atom stereocenters. The lowest BCUT2D eigenvalue weighted by Gasteiger charge is -2.38. The predicted molar refractivity (Wildman–Crippen MR) is 148 cm³/mol. The van der Waals surface area contributed by atoms with Crippen molar-refractivity contribution in [2.75, 3.05) is 9.91 Å². The molecule has 0 aromatic heterocycles. The third-order valence-corrected chi connectivity index (χ3v) is 8.53. The Hall–Kier alpha value is -3.74. The van der Waals surface area contributed by atoms with E-state index in [0.717, 1.165) is 27.5 Å². The predicted octanol–water partition coefficient (Wildman–Crippen LogP) is 7.03. The average molecular weight is 492 g/mol. The number of benzene rings is 4. The van der Waals surface area contributed by atoms with Gasteiger partial charge in [-0.2, -0.15) is 5.10 Å². The van der Waals surface area contributed by atoms with Crippen LogP contribution in [0.25, 0.3) is 6.08 Å². The largest absolute Gasteiger partial charge is 0.268 e. The molecule has 1 amide bonds. The molecule has 4 nitrogen and oxygen atoms in total. The van der Waals surface area contributed by atoms with Gasteiger partial charge in [0.05, 0.1) is 10.6 Å². The normalized spacial score (nSPS) is 20.6. The van der Waals surface area contributed by atoms with Crippen LogP contribution in [0.2, 0.25) is 0 Å². The minimum absolute atomic E-state index is 0.0389. The summed E-state index contributed by atoms with van der Waals surface area (Å²) in [7, 11) is 0. The summed E-state index contributed by atoms with van der Waals surface area (Å²) in [5.41, 5.74) is 3.77. The van der Waals surface area contributed by atoms with Gasteiger partial charge >= 0.3 is 0 Å². The third kappa shape index (κ3) is 3.95. The Morgan fingerprint density at radius 3 is 1.83 bits per heavy atom. The van der Waals surface area contributed by atoms with Gasteiger partial charge in [-0.3, -0.25) is 9.69 Å². The number of hydrazone groups is 1. The van der Waals surface area contributed by atoms with Crippen LogP contribution in [0.4, 0.5) is 11.4 Å². The first-order valence-corrected chi connectivity index (χ1v) is 12.9. The molecule has 0 N–H and O–H groups in total. The highest BCUT2D eigenvalue weighted by molar-refractivity contribution is 8.28. The molecule has 2 aliphatic heterocycles. The summed E-state index contributed by atoms with van der Waals surface area (Å²) in [4.78, 5) is 16.6. The van der Waals surface area contributed by atoms with E-state index in [2.05, 4.69) is 12.1 Å². The Labute approximate surface area is 213 Å². The van der Waals surface area contributed by atoms with Crippen molar-refractivity contribution in [3.05, 3.63) is 137 Å². The fourth-order valence-electron chi connectivity index (χ4n) is 4.16. The Morgan fingerprint density at radius 2 is 1.20 bits per heavy atom. The quantitative estimate of drug-likeness (QED) is 0.287. The number of carbonyl (C=O) groups is 1. The highest BCUT2D eigenvalue weighted by Gasteiger charge is 2.59. The van der Waals surface area contributed by atoms with Crippen LogP contribution in [0.1, 0.15) is 11.1 Å². The van der Waals surface area contributed by atoms with Gasteiger partial charge in [-0.25, -0.2) is 5.01 Å². The maximum Gasteiger partial charge on any atom is 0.268 e. The molecule has 1 saturated heterocycles. The minimum Gasteiger partial charge on any atom is -0.268 e. The van der Waals surface area contributed by atoms with E-state index in [0.29, 0.717) is 4.91 Å². The van der Waals surface area contributed by atoms with Crippen LogP contribution in [0.5, 0.6) is 0 Å². The van der Waals surface area contributed by atoms with Gasteiger partial charge < -0.3 is 0 Å². The molecule has 2 aliphatic rings. The maximum atomic E-state index is 14.0. The smallest absolute Gasteiger partial charge is 0.268 e. The lowest BCUT2D eigenvalue weighted by atomic mass is 10.2. The lowest BCUT2D eigenvalue weighted by Crippen LogP contribution is -2.51. The van der Waals surface area contributed by atoms with Crippen LogP contribution >= 0.6 is 23.5 Å². The standard InChI is InChI=1S/C29H21N3OS2/c33-28-26(21-22-13-5-1-6-14-22)34-29(31(28)24-17-9-3-10-18-24)32(25-19-11-4-12-20-25)30-27(35-29)23-15-7-2-8-16-23/h1-21H/b26-21-. The summed E-state index contributed by atoms with van der Waals surface area (Å²) >= 11 is 3.14.